The number of hydrogen-bond acceptors (Lipinski definition) is 2. The quantitative estimate of drug-likeness (QED) is 0.793. The zero-order chi connectivity index (χ0) is 12.3. The summed E-state index contributed by atoms with van der Waals surface area (Å²) in [7, 11) is 1.72. The van der Waals surface area contributed by atoms with Crippen molar-refractivity contribution in [2.24, 2.45) is 5.92 Å². The molecule has 1 N–H and O–H groups in total. The topological polar surface area (TPSA) is 38.3 Å². The molecular formula is C13H22BrNO2. The van der Waals surface area contributed by atoms with E-state index < -0.39 is 0 Å². The van der Waals surface area contributed by atoms with E-state index in [-0.39, 0.29) is 11.5 Å². The molecule has 0 spiro atoms. The molecule has 17 heavy (non-hydrogen) atoms. The van der Waals surface area contributed by atoms with Gasteiger partial charge in [0.25, 0.3) is 0 Å². The second kappa shape index (κ2) is 5.70. The molecule has 98 valence electrons. The minimum Gasteiger partial charge on any atom is -0.378 e. The zero-order valence-corrected chi connectivity index (χ0v) is 12.1. The maximum atomic E-state index is 11.8. The Morgan fingerprint density at radius 2 is 2.24 bits per heavy atom. The third-order valence-electron chi connectivity index (χ3n) is 4.25. The molecule has 2 rings (SSSR count). The first-order chi connectivity index (χ1) is 8.13. The van der Waals surface area contributed by atoms with Crippen LogP contribution in [0.5, 0.6) is 0 Å². The smallest absolute Gasteiger partial charge is 0.222 e. The Hall–Kier alpha value is -0.0900. The Balaban J connectivity index is 1.67. The highest BCUT2D eigenvalue weighted by molar-refractivity contribution is 9.09. The predicted molar refractivity (Wildman–Crippen MR) is 71.3 cm³/mol. The van der Waals surface area contributed by atoms with Gasteiger partial charge in [-0.25, -0.2) is 0 Å². The standard InChI is InChI=1S/C13H22BrNO2/c1-17-13(5-2-6-13)8-12(16)15-9-10-3-4-11(14)7-10/h10-11H,2-9H2,1H3,(H,15,16). The van der Waals surface area contributed by atoms with Gasteiger partial charge >= 0.3 is 0 Å². The first-order valence-corrected chi connectivity index (χ1v) is 7.51. The number of nitrogens with one attached hydrogen (secondary N) is 1. The van der Waals surface area contributed by atoms with Gasteiger partial charge in [-0.05, 0) is 44.4 Å². The molecule has 0 aromatic heterocycles. The van der Waals surface area contributed by atoms with Gasteiger partial charge in [-0.15, -0.1) is 0 Å². The lowest BCUT2D eigenvalue weighted by Crippen LogP contribution is -2.44. The molecular weight excluding hydrogens is 282 g/mol. The molecule has 2 aliphatic rings. The summed E-state index contributed by atoms with van der Waals surface area (Å²) >= 11 is 3.63. The van der Waals surface area contributed by atoms with Gasteiger partial charge in [-0.1, -0.05) is 15.9 Å². The zero-order valence-electron chi connectivity index (χ0n) is 10.5. The van der Waals surface area contributed by atoms with E-state index >= 15 is 0 Å². The van der Waals surface area contributed by atoms with Crippen LogP contribution in [-0.2, 0) is 9.53 Å². The summed E-state index contributed by atoms with van der Waals surface area (Å²) in [5, 5.41) is 3.06. The molecule has 2 unspecified atom stereocenters. The van der Waals surface area contributed by atoms with E-state index in [9.17, 15) is 4.79 Å². The molecule has 4 heteroatoms. The summed E-state index contributed by atoms with van der Waals surface area (Å²) in [4.78, 5) is 12.5. The number of carbonyl (C=O) groups is 1. The van der Waals surface area contributed by atoms with Gasteiger partial charge < -0.3 is 10.1 Å². The average Bonchev–Trinajstić information content (AvgIpc) is 2.67. The second-order valence-corrected chi connectivity index (χ2v) is 6.79. The summed E-state index contributed by atoms with van der Waals surface area (Å²) < 4.78 is 5.46. The van der Waals surface area contributed by atoms with E-state index in [1.165, 1.54) is 25.7 Å². The number of hydrogen-bond donors (Lipinski definition) is 1. The van der Waals surface area contributed by atoms with Crippen molar-refractivity contribution in [2.75, 3.05) is 13.7 Å². The van der Waals surface area contributed by atoms with Crippen molar-refractivity contribution in [3.05, 3.63) is 0 Å². The summed E-state index contributed by atoms with van der Waals surface area (Å²) in [5.41, 5.74) is -0.141. The lowest BCUT2D eigenvalue weighted by molar-refractivity contribution is -0.134. The highest BCUT2D eigenvalue weighted by Gasteiger charge is 2.39. The van der Waals surface area contributed by atoms with Gasteiger partial charge in [0.05, 0.1) is 12.0 Å². The fourth-order valence-corrected chi connectivity index (χ4v) is 3.63. The Bertz CT molecular complexity index is 273. The molecule has 0 aliphatic heterocycles. The summed E-state index contributed by atoms with van der Waals surface area (Å²) in [6.07, 6.45) is 7.44. The van der Waals surface area contributed by atoms with Crippen LogP contribution in [-0.4, -0.2) is 30.0 Å². The fourth-order valence-electron chi connectivity index (χ4n) is 2.84. The van der Waals surface area contributed by atoms with E-state index in [2.05, 4.69) is 21.2 Å². The monoisotopic (exact) mass is 303 g/mol. The first-order valence-electron chi connectivity index (χ1n) is 6.59. The van der Waals surface area contributed by atoms with Gasteiger partial charge in [0.1, 0.15) is 0 Å². The molecule has 0 radical (unpaired) electrons. The third-order valence-corrected chi connectivity index (χ3v) is 5.08. The lowest BCUT2D eigenvalue weighted by Gasteiger charge is -2.40. The summed E-state index contributed by atoms with van der Waals surface area (Å²) in [5.74, 6) is 0.813. The van der Waals surface area contributed by atoms with E-state index in [1.54, 1.807) is 7.11 Å². The Labute approximate surface area is 112 Å². The van der Waals surface area contributed by atoms with Gasteiger partial charge in [0.15, 0.2) is 0 Å². The molecule has 2 atom stereocenters. The van der Waals surface area contributed by atoms with Gasteiger partial charge in [0.2, 0.25) is 5.91 Å². The lowest BCUT2D eigenvalue weighted by atomic mass is 9.77. The van der Waals surface area contributed by atoms with Crippen LogP contribution in [0.4, 0.5) is 0 Å². The van der Waals surface area contributed by atoms with Gasteiger partial charge in [0, 0.05) is 18.5 Å². The fraction of sp³-hybridized carbons (Fsp3) is 0.923. The molecule has 2 saturated carbocycles. The highest BCUT2D eigenvalue weighted by Crippen LogP contribution is 2.38. The number of ether oxygens (including phenoxy) is 1. The molecule has 3 nitrogen and oxygen atoms in total. The van der Waals surface area contributed by atoms with E-state index in [4.69, 9.17) is 4.74 Å². The predicted octanol–water partition coefficient (Wildman–Crippen LogP) is 2.63. The summed E-state index contributed by atoms with van der Waals surface area (Å²) in [6, 6.07) is 0. The Kier molecular flexibility index (Phi) is 4.47. The van der Waals surface area contributed by atoms with E-state index in [1.807, 2.05) is 0 Å². The molecule has 0 aromatic carbocycles. The number of methoxy groups -OCH3 is 1. The van der Waals surface area contributed by atoms with Crippen molar-refractivity contribution < 1.29 is 9.53 Å². The maximum Gasteiger partial charge on any atom is 0.222 e. The van der Waals surface area contributed by atoms with Crippen LogP contribution in [0.2, 0.25) is 0 Å². The SMILES string of the molecule is COC1(CC(=O)NCC2CCC(Br)C2)CCC1. The van der Waals surface area contributed by atoms with Crippen molar-refractivity contribution >= 4 is 21.8 Å². The van der Waals surface area contributed by atoms with Crippen molar-refractivity contribution in [3.8, 4) is 0 Å². The van der Waals surface area contributed by atoms with Crippen molar-refractivity contribution in [2.45, 2.75) is 55.4 Å². The molecule has 2 aliphatic carbocycles. The molecule has 0 aromatic rings. The molecule has 0 saturated heterocycles. The number of rotatable bonds is 5. The first kappa shape index (κ1) is 13.3. The van der Waals surface area contributed by atoms with Gasteiger partial charge in [-0.2, -0.15) is 0 Å². The second-order valence-electron chi connectivity index (χ2n) is 5.50. The van der Waals surface area contributed by atoms with Crippen LogP contribution in [0, 0.1) is 5.92 Å². The van der Waals surface area contributed by atoms with Crippen molar-refractivity contribution in [1.29, 1.82) is 0 Å². The number of carbonyl (C=O) groups excluding carboxylic acids is 1. The Morgan fingerprint density at radius 1 is 1.47 bits per heavy atom. The van der Waals surface area contributed by atoms with Crippen LogP contribution in [0.15, 0.2) is 0 Å². The van der Waals surface area contributed by atoms with E-state index in [0.29, 0.717) is 17.2 Å². The number of amides is 1. The minimum atomic E-state index is -0.141. The number of halogens is 1. The van der Waals surface area contributed by atoms with Gasteiger partial charge in [-0.3, -0.25) is 4.79 Å². The third kappa shape index (κ3) is 3.44. The molecule has 1 amide bonds. The van der Waals surface area contributed by atoms with Crippen molar-refractivity contribution in [1.82, 2.24) is 5.32 Å². The van der Waals surface area contributed by atoms with Crippen LogP contribution in [0.25, 0.3) is 0 Å². The van der Waals surface area contributed by atoms with Crippen LogP contribution in [0.1, 0.15) is 44.9 Å². The largest absolute Gasteiger partial charge is 0.378 e. The maximum absolute atomic E-state index is 11.8. The molecule has 2 fully saturated rings. The molecule has 0 bridgehead atoms. The summed E-state index contributed by atoms with van der Waals surface area (Å²) in [6.45, 7) is 0.834. The van der Waals surface area contributed by atoms with Crippen molar-refractivity contribution in [3.63, 3.8) is 0 Å². The minimum absolute atomic E-state index is 0.141. The highest BCUT2D eigenvalue weighted by atomic mass is 79.9. The average molecular weight is 304 g/mol. The Morgan fingerprint density at radius 3 is 2.71 bits per heavy atom. The van der Waals surface area contributed by atoms with Crippen LogP contribution < -0.4 is 5.32 Å². The van der Waals surface area contributed by atoms with Crippen LogP contribution in [0.3, 0.4) is 0 Å². The number of alkyl halides is 1. The normalized spacial score (nSPS) is 30.9. The van der Waals surface area contributed by atoms with Crippen LogP contribution >= 0.6 is 15.9 Å². The molecule has 0 heterocycles. The van der Waals surface area contributed by atoms with E-state index in [0.717, 1.165) is 19.4 Å².